The molecule has 2 heterocycles. The average Bonchev–Trinajstić information content (AvgIpc) is 2.74. The number of imidazole rings is 1. The lowest BCUT2D eigenvalue weighted by molar-refractivity contribution is 0.415. The fourth-order valence-electron chi connectivity index (χ4n) is 1.94. The summed E-state index contributed by atoms with van der Waals surface area (Å²) in [6.45, 7) is 0. The first-order valence-electron chi connectivity index (χ1n) is 5.60. The zero-order valence-electron chi connectivity index (χ0n) is 10.1. The van der Waals surface area contributed by atoms with E-state index in [0.717, 1.165) is 22.6 Å². The molecule has 1 aromatic carbocycles. The van der Waals surface area contributed by atoms with E-state index in [9.17, 15) is 0 Å². The van der Waals surface area contributed by atoms with Crippen molar-refractivity contribution in [1.29, 1.82) is 0 Å². The van der Waals surface area contributed by atoms with Gasteiger partial charge in [-0.05, 0) is 42.5 Å². The van der Waals surface area contributed by atoms with Crippen LogP contribution in [0.15, 0.2) is 36.5 Å². The van der Waals surface area contributed by atoms with Crippen LogP contribution >= 0.6 is 23.8 Å². The molecular weight excluding hydrogens is 282 g/mol. The number of pyridine rings is 1. The van der Waals surface area contributed by atoms with Gasteiger partial charge in [0.1, 0.15) is 5.75 Å². The van der Waals surface area contributed by atoms with Gasteiger partial charge in [-0.25, -0.2) is 4.98 Å². The van der Waals surface area contributed by atoms with Crippen molar-refractivity contribution in [3.8, 4) is 11.4 Å². The molecule has 0 aliphatic heterocycles. The molecule has 0 bridgehead atoms. The van der Waals surface area contributed by atoms with Crippen molar-refractivity contribution < 1.29 is 4.74 Å². The molecule has 0 fully saturated rings. The van der Waals surface area contributed by atoms with Crippen LogP contribution in [0.1, 0.15) is 0 Å². The Morgan fingerprint density at radius 1 is 1.32 bits per heavy atom. The van der Waals surface area contributed by atoms with Crippen molar-refractivity contribution in [2.45, 2.75) is 0 Å². The van der Waals surface area contributed by atoms with E-state index < -0.39 is 0 Å². The van der Waals surface area contributed by atoms with Gasteiger partial charge in [0.25, 0.3) is 0 Å². The standard InChI is InChI=1S/C13H10ClN3OS/c1-18-10-4-2-9(3-5-10)17-12-11(16-13(17)19)6-8(14)7-15-12/h2-7H,1H3,(H,16,19). The average molecular weight is 292 g/mol. The van der Waals surface area contributed by atoms with E-state index in [2.05, 4.69) is 9.97 Å². The predicted octanol–water partition coefficient (Wildman–Crippen LogP) is 3.75. The molecule has 3 rings (SSSR count). The van der Waals surface area contributed by atoms with Crippen molar-refractivity contribution in [2.24, 2.45) is 0 Å². The number of hydrogen-bond donors (Lipinski definition) is 1. The van der Waals surface area contributed by atoms with E-state index in [1.807, 2.05) is 28.8 Å². The second-order valence-corrected chi connectivity index (χ2v) is 4.81. The summed E-state index contributed by atoms with van der Waals surface area (Å²) in [5, 5.41) is 0.575. The lowest BCUT2D eigenvalue weighted by Crippen LogP contribution is -1.95. The van der Waals surface area contributed by atoms with E-state index in [-0.39, 0.29) is 0 Å². The van der Waals surface area contributed by atoms with E-state index in [1.165, 1.54) is 0 Å². The number of nitrogens with zero attached hydrogens (tertiary/aromatic N) is 2. The van der Waals surface area contributed by atoms with Crippen LogP contribution in [0.2, 0.25) is 5.02 Å². The third kappa shape index (κ3) is 2.11. The number of benzene rings is 1. The third-order valence-corrected chi connectivity index (χ3v) is 3.31. The Hall–Kier alpha value is -1.85. The molecule has 3 aromatic rings. The molecule has 1 N–H and O–H groups in total. The molecule has 19 heavy (non-hydrogen) atoms. The van der Waals surface area contributed by atoms with Crippen molar-refractivity contribution in [2.75, 3.05) is 7.11 Å². The quantitative estimate of drug-likeness (QED) is 0.731. The van der Waals surface area contributed by atoms with Gasteiger partial charge in [0.05, 0.1) is 23.3 Å². The largest absolute Gasteiger partial charge is 0.497 e. The summed E-state index contributed by atoms with van der Waals surface area (Å²) in [4.78, 5) is 7.42. The first-order valence-corrected chi connectivity index (χ1v) is 6.38. The summed E-state index contributed by atoms with van der Waals surface area (Å²) >= 11 is 11.3. The molecule has 96 valence electrons. The van der Waals surface area contributed by atoms with Gasteiger partial charge >= 0.3 is 0 Å². The number of nitrogens with one attached hydrogen (secondary N) is 1. The van der Waals surface area contributed by atoms with Gasteiger partial charge in [-0.1, -0.05) is 11.6 Å². The molecule has 0 unspecified atom stereocenters. The maximum Gasteiger partial charge on any atom is 0.183 e. The number of halogens is 1. The molecular formula is C13H10ClN3OS. The zero-order valence-corrected chi connectivity index (χ0v) is 11.6. The van der Waals surface area contributed by atoms with E-state index in [1.54, 1.807) is 19.4 Å². The number of H-pyrrole nitrogens is 1. The summed E-state index contributed by atoms with van der Waals surface area (Å²) in [6.07, 6.45) is 1.60. The highest BCUT2D eigenvalue weighted by Crippen LogP contribution is 2.22. The fourth-order valence-corrected chi connectivity index (χ4v) is 2.40. The van der Waals surface area contributed by atoms with E-state index in [4.69, 9.17) is 28.6 Å². The molecule has 2 aromatic heterocycles. The van der Waals surface area contributed by atoms with E-state index in [0.29, 0.717) is 9.79 Å². The number of fused-ring (bicyclic) bond motifs is 1. The maximum absolute atomic E-state index is 5.92. The Kier molecular flexibility index (Phi) is 3.00. The molecule has 0 saturated carbocycles. The minimum atomic E-state index is 0.575. The molecule has 0 amide bonds. The predicted molar refractivity (Wildman–Crippen MR) is 77.8 cm³/mol. The summed E-state index contributed by atoms with van der Waals surface area (Å²) < 4.78 is 7.58. The van der Waals surface area contributed by atoms with Crippen molar-refractivity contribution in [1.82, 2.24) is 14.5 Å². The number of rotatable bonds is 2. The maximum atomic E-state index is 5.92. The fraction of sp³-hybridized carbons (Fsp3) is 0.0769. The Morgan fingerprint density at radius 2 is 2.05 bits per heavy atom. The van der Waals surface area contributed by atoms with Crippen LogP contribution in [0.5, 0.6) is 5.75 Å². The van der Waals surface area contributed by atoms with Crippen LogP contribution in [0.25, 0.3) is 16.9 Å². The minimum Gasteiger partial charge on any atom is -0.497 e. The van der Waals surface area contributed by atoms with Crippen molar-refractivity contribution in [3.63, 3.8) is 0 Å². The van der Waals surface area contributed by atoms with Crippen LogP contribution in [-0.2, 0) is 0 Å². The number of hydrogen-bond acceptors (Lipinski definition) is 3. The number of aromatic nitrogens is 3. The highest BCUT2D eigenvalue weighted by Gasteiger charge is 2.08. The number of aromatic amines is 1. The van der Waals surface area contributed by atoms with Crippen molar-refractivity contribution >= 4 is 35.0 Å². The van der Waals surface area contributed by atoms with Crippen LogP contribution in [0.3, 0.4) is 0 Å². The van der Waals surface area contributed by atoms with Crippen LogP contribution in [0.4, 0.5) is 0 Å². The Labute approximate surface area is 119 Å². The van der Waals surface area contributed by atoms with Gasteiger partial charge in [-0.15, -0.1) is 0 Å². The summed E-state index contributed by atoms with van der Waals surface area (Å²) in [5.74, 6) is 0.797. The topological polar surface area (TPSA) is 42.8 Å². The van der Waals surface area contributed by atoms with Crippen LogP contribution in [0, 0.1) is 4.77 Å². The van der Waals surface area contributed by atoms with Gasteiger partial charge in [0, 0.05) is 6.20 Å². The molecule has 0 aliphatic carbocycles. The number of methoxy groups -OCH3 is 1. The third-order valence-electron chi connectivity index (χ3n) is 2.82. The molecule has 6 heteroatoms. The van der Waals surface area contributed by atoms with E-state index >= 15 is 0 Å². The monoisotopic (exact) mass is 291 g/mol. The molecule has 0 saturated heterocycles. The summed E-state index contributed by atoms with van der Waals surface area (Å²) in [5.41, 5.74) is 2.49. The van der Waals surface area contributed by atoms with Crippen LogP contribution in [-0.4, -0.2) is 21.6 Å². The van der Waals surface area contributed by atoms with Gasteiger partial charge in [-0.3, -0.25) is 4.57 Å². The van der Waals surface area contributed by atoms with Gasteiger partial charge in [0.15, 0.2) is 10.4 Å². The SMILES string of the molecule is COc1ccc(-n2c(=S)[nH]c3cc(Cl)cnc32)cc1. The highest BCUT2D eigenvalue weighted by molar-refractivity contribution is 7.71. The molecule has 0 aliphatic rings. The second-order valence-electron chi connectivity index (χ2n) is 3.99. The first kappa shape index (κ1) is 12.2. The highest BCUT2D eigenvalue weighted by atomic mass is 35.5. The van der Waals surface area contributed by atoms with Gasteiger partial charge < -0.3 is 9.72 Å². The summed E-state index contributed by atoms with van der Waals surface area (Å²) in [7, 11) is 1.63. The Bertz CT molecular complexity index is 792. The smallest absolute Gasteiger partial charge is 0.183 e. The van der Waals surface area contributed by atoms with Crippen molar-refractivity contribution in [3.05, 3.63) is 46.3 Å². The lowest BCUT2D eigenvalue weighted by atomic mass is 10.3. The van der Waals surface area contributed by atoms with Gasteiger partial charge in [0.2, 0.25) is 0 Å². The Morgan fingerprint density at radius 3 is 2.74 bits per heavy atom. The first-order chi connectivity index (χ1) is 9.19. The Balaban J connectivity index is 2.23. The zero-order chi connectivity index (χ0) is 13.4. The van der Waals surface area contributed by atoms with Gasteiger partial charge in [-0.2, -0.15) is 0 Å². The minimum absolute atomic E-state index is 0.575. The molecule has 4 nitrogen and oxygen atoms in total. The number of ether oxygens (including phenoxy) is 1. The van der Waals surface area contributed by atoms with Crippen LogP contribution < -0.4 is 4.74 Å². The lowest BCUT2D eigenvalue weighted by Gasteiger charge is -2.05. The second kappa shape index (κ2) is 4.68. The summed E-state index contributed by atoms with van der Waals surface area (Å²) in [6, 6.07) is 9.42. The molecule has 0 spiro atoms. The molecule has 0 atom stereocenters. The normalized spacial score (nSPS) is 10.8. The molecule has 0 radical (unpaired) electrons.